The van der Waals surface area contributed by atoms with E-state index in [2.05, 4.69) is 9.47 Å². The smallest absolute Gasteiger partial charge is 0.314 e. The van der Waals surface area contributed by atoms with E-state index in [1.54, 1.807) is 25.2 Å². The number of ether oxygens (including phenoxy) is 2. The number of hydrogen-bond donors (Lipinski definition) is 0. The predicted octanol–water partition coefficient (Wildman–Crippen LogP) is 1.08. The first-order valence-corrected chi connectivity index (χ1v) is 4.62. The molecule has 0 aromatic carbocycles. The normalized spacial score (nSPS) is 24.3. The maximum absolute atomic E-state index is 11.5. The maximum atomic E-state index is 11.5. The number of methoxy groups -OCH3 is 2. The van der Waals surface area contributed by atoms with Crippen LogP contribution >= 0.6 is 0 Å². The summed E-state index contributed by atoms with van der Waals surface area (Å²) in [4.78, 5) is 22.9. The van der Waals surface area contributed by atoms with Crippen LogP contribution in [-0.2, 0) is 19.1 Å². The average molecular weight is 210 g/mol. The molecule has 0 spiro atoms. The quantitative estimate of drug-likeness (QED) is 0.640. The Kier molecular flexibility index (Phi) is 3.66. The minimum atomic E-state index is -0.576. The molecule has 4 nitrogen and oxygen atoms in total. The molecule has 1 aliphatic carbocycles. The summed E-state index contributed by atoms with van der Waals surface area (Å²) in [5, 5.41) is 0. The molecule has 1 rings (SSSR count). The summed E-state index contributed by atoms with van der Waals surface area (Å²) in [5.74, 6) is -1.97. The van der Waals surface area contributed by atoms with Crippen molar-refractivity contribution in [2.45, 2.75) is 6.92 Å². The Morgan fingerprint density at radius 2 is 1.80 bits per heavy atom. The fourth-order valence-corrected chi connectivity index (χ4v) is 1.64. The Morgan fingerprint density at radius 3 is 2.33 bits per heavy atom. The van der Waals surface area contributed by atoms with E-state index < -0.39 is 23.8 Å². The van der Waals surface area contributed by atoms with Gasteiger partial charge in [0, 0.05) is 0 Å². The molecule has 0 fully saturated rings. The van der Waals surface area contributed by atoms with Crippen LogP contribution < -0.4 is 0 Å². The van der Waals surface area contributed by atoms with Crippen LogP contribution in [0.4, 0.5) is 0 Å². The van der Waals surface area contributed by atoms with Crippen LogP contribution in [-0.4, -0.2) is 26.2 Å². The molecule has 0 aliphatic heterocycles. The summed E-state index contributed by atoms with van der Waals surface area (Å²) < 4.78 is 9.30. The number of carbonyl (C=O) groups excluding carboxylic acids is 2. The highest BCUT2D eigenvalue weighted by Gasteiger charge is 2.35. The number of esters is 2. The van der Waals surface area contributed by atoms with E-state index in [0.29, 0.717) is 0 Å². The summed E-state index contributed by atoms with van der Waals surface area (Å²) >= 11 is 0. The van der Waals surface area contributed by atoms with Crippen molar-refractivity contribution in [2.24, 2.45) is 11.8 Å². The Bertz CT molecular complexity index is 327. The number of allylic oxidation sites excluding steroid dienone is 2. The largest absolute Gasteiger partial charge is 0.469 e. The second kappa shape index (κ2) is 4.77. The lowest BCUT2D eigenvalue weighted by Crippen LogP contribution is -2.32. The van der Waals surface area contributed by atoms with Crippen molar-refractivity contribution in [1.29, 1.82) is 0 Å². The molecule has 0 aromatic heterocycles. The second-order valence-electron chi connectivity index (χ2n) is 3.35. The van der Waals surface area contributed by atoms with Crippen molar-refractivity contribution in [2.75, 3.05) is 14.2 Å². The van der Waals surface area contributed by atoms with Gasteiger partial charge in [-0.2, -0.15) is 0 Å². The molecule has 0 amide bonds. The molecule has 0 heterocycles. The van der Waals surface area contributed by atoms with Crippen LogP contribution in [0.2, 0.25) is 0 Å². The number of hydrogen-bond acceptors (Lipinski definition) is 4. The van der Waals surface area contributed by atoms with Gasteiger partial charge in [-0.25, -0.2) is 0 Å². The Hall–Kier alpha value is -1.58. The zero-order valence-electron chi connectivity index (χ0n) is 9.02. The van der Waals surface area contributed by atoms with Crippen molar-refractivity contribution >= 4 is 11.9 Å². The van der Waals surface area contributed by atoms with E-state index in [9.17, 15) is 9.59 Å². The van der Waals surface area contributed by atoms with Gasteiger partial charge in [-0.3, -0.25) is 9.59 Å². The van der Waals surface area contributed by atoms with E-state index in [4.69, 9.17) is 0 Å². The van der Waals surface area contributed by atoms with E-state index in [-0.39, 0.29) is 0 Å². The maximum Gasteiger partial charge on any atom is 0.314 e. The predicted molar refractivity (Wildman–Crippen MR) is 53.9 cm³/mol. The van der Waals surface area contributed by atoms with Gasteiger partial charge >= 0.3 is 11.9 Å². The summed E-state index contributed by atoms with van der Waals surface area (Å²) in [6, 6.07) is 0. The first kappa shape index (κ1) is 11.5. The van der Waals surface area contributed by atoms with Crippen molar-refractivity contribution in [3.63, 3.8) is 0 Å². The second-order valence-corrected chi connectivity index (χ2v) is 3.35. The molecule has 0 saturated heterocycles. The molecule has 0 N–H and O–H groups in total. The van der Waals surface area contributed by atoms with Crippen LogP contribution in [0.25, 0.3) is 0 Å². The Morgan fingerprint density at radius 1 is 1.20 bits per heavy atom. The topological polar surface area (TPSA) is 52.6 Å². The van der Waals surface area contributed by atoms with Gasteiger partial charge in [-0.15, -0.1) is 0 Å². The van der Waals surface area contributed by atoms with Gasteiger partial charge < -0.3 is 9.47 Å². The minimum Gasteiger partial charge on any atom is -0.469 e. The molecule has 2 unspecified atom stereocenters. The van der Waals surface area contributed by atoms with E-state index in [1.807, 2.05) is 0 Å². The van der Waals surface area contributed by atoms with Gasteiger partial charge in [0.05, 0.1) is 26.1 Å². The Labute approximate surface area is 88.6 Å². The average Bonchev–Trinajstić information content (AvgIpc) is 2.26. The molecular formula is C11H14O4. The molecule has 1 aliphatic rings. The van der Waals surface area contributed by atoms with E-state index in [1.165, 1.54) is 14.2 Å². The fraction of sp³-hybridized carbons (Fsp3) is 0.455. The highest BCUT2D eigenvalue weighted by Crippen LogP contribution is 2.28. The number of carbonyl (C=O) groups is 2. The van der Waals surface area contributed by atoms with Crippen molar-refractivity contribution in [3.05, 3.63) is 23.8 Å². The van der Waals surface area contributed by atoms with Gasteiger partial charge in [0.15, 0.2) is 0 Å². The third kappa shape index (κ3) is 2.26. The number of rotatable bonds is 2. The molecule has 0 saturated carbocycles. The highest BCUT2D eigenvalue weighted by molar-refractivity contribution is 5.86. The highest BCUT2D eigenvalue weighted by atomic mass is 16.5. The van der Waals surface area contributed by atoms with Crippen LogP contribution in [0.15, 0.2) is 23.8 Å². The molecule has 2 atom stereocenters. The van der Waals surface area contributed by atoms with Gasteiger partial charge in [0.2, 0.25) is 0 Å². The van der Waals surface area contributed by atoms with Crippen LogP contribution in [0, 0.1) is 11.8 Å². The minimum absolute atomic E-state index is 0.413. The SMILES string of the molecule is COC(=O)C1C=CC=C(C)C1C(=O)OC. The van der Waals surface area contributed by atoms with Crippen LogP contribution in [0.5, 0.6) is 0 Å². The lowest BCUT2D eigenvalue weighted by atomic mass is 9.83. The fourth-order valence-electron chi connectivity index (χ4n) is 1.64. The van der Waals surface area contributed by atoms with E-state index >= 15 is 0 Å². The third-order valence-corrected chi connectivity index (χ3v) is 2.46. The summed E-state index contributed by atoms with van der Waals surface area (Å²) in [7, 11) is 2.61. The molecule has 15 heavy (non-hydrogen) atoms. The van der Waals surface area contributed by atoms with Crippen LogP contribution in [0.1, 0.15) is 6.92 Å². The van der Waals surface area contributed by atoms with Crippen LogP contribution in [0.3, 0.4) is 0 Å². The first-order chi connectivity index (χ1) is 7.11. The molecule has 0 radical (unpaired) electrons. The molecular weight excluding hydrogens is 196 g/mol. The zero-order valence-corrected chi connectivity index (χ0v) is 9.02. The molecule has 4 heteroatoms. The van der Waals surface area contributed by atoms with Gasteiger partial charge in [-0.1, -0.05) is 23.8 Å². The first-order valence-electron chi connectivity index (χ1n) is 4.62. The summed E-state index contributed by atoms with van der Waals surface area (Å²) in [6.07, 6.45) is 5.19. The zero-order chi connectivity index (χ0) is 11.4. The van der Waals surface area contributed by atoms with Gasteiger partial charge in [0.1, 0.15) is 0 Å². The lowest BCUT2D eigenvalue weighted by molar-refractivity contribution is -0.154. The molecule has 0 aromatic rings. The van der Waals surface area contributed by atoms with Crippen molar-refractivity contribution in [1.82, 2.24) is 0 Å². The molecule has 0 bridgehead atoms. The van der Waals surface area contributed by atoms with E-state index in [0.717, 1.165) is 5.57 Å². The lowest BCUT2D eigenvalue weighted by Gasteiger charge is -2.23. The van der Waals surface area contributed by atoms with Gasteiger partial charge in [0.25, 0.3) is 0 Å². The van der Waals surface area contributed by atoms with Crippen molar-refractivity contribution < 1.29 is 19.1 Å². The Balaban J connectivity index is 2.96. The monoisotopic (exact) mass is 210 g/mol. The standard InChI is InChI=1S/C11H14O4/c1-7-5-4-6-8(10(12)14-2)9(7)11(13)15-3/h4-6,8-9H,1-3H3. The van der Waals surface area contributed by atoms with Crippen molar-refractivity contribution in [3.8, 4) is 0 Å². The third-order valence-electron chi connectivity index (χ3n) is 2.46. The summed E-state index contributed by atoms with van der Waals surface area (Å²) in [6.45, 7) is 1.79. The molecule has 82 valence electrons. The summed E-state index contributed by atoms with van der Waals surface area (Å²) in [5.41, 5.74) is 0.805. The van der Waals surface area contributed by atoms with Gasteiger partial charge in [-0.05, 0) is 6.92 Å².